The van der Waals surface area contributed by atoms with Crippen LogP contribution in [-0.4, -0.2) is 16.9 Å². The van der Waals surface area contributed by atoms with E-state index in [-0.39, 0.29) is 17.9 Å². The van der Waals surface area contributed by atoms with Gasteiger partial charge in [-0.2, -0.15) is 0 Å². The molecule has 3 aromatic rings. The van der Waals surface area contributed by atoms with Gasteiger partial charge in [0.2, 0.25) is 5.91 Å². The van der Waals surface area contributed by atoms with Crippen LogP contribution in [0.1, 0.15) is 31.2 Å². The van der Waals surface area contributed by atoms with E-state index in [4.69, 9.17) is 10.7 Å². The maximum absolute atomic E-state index is 12.4. The second kappa shape index (κ2) is 7.17. The van der Waals surface area contributed by atoms with E-state index in [0.29, 0.717) is 0 Å². The maximum atomic E-state index is 12.4. The Morgan fingerprint density at radius 1 is 1.12 bits per heavy atom. The van der Waals surface area contributed by atoms with Crippen molar-refractivity contribution in [3.8, 4) is 10.6 Å². The number of nitrogens with one attached hydrogen (secondary N) is 1. The first-order valence-corrected chi connectivity index (χ1v) is 9.94. The van der Waals surface area contributed by atoms with Crippen LogP contribution < -0.4 is 11.1 Å². The molecule has 26 heavy (non-hydrogen) atoms. The van der Waals surface area contributed by atoms with E-state index in [1.807, 2.05) is 24.3 Å². The largest absolute Gasteiger partial charge is 0.328 e. The van der Waals surface area contributed by atoms with Crippen molar-refractivity contribution < 1.29 is 4.79 Å². The Morgan fingerprint density at radius 3 is 2.58 bits per heavy atom. The Labute approximate surface area is 157 Å². The molecular weight excluding hydrogens is 342 g/mol. The van der Waals surface area contributed by atoms with Gasteiger partial charge in [0, 0.05) is 23.2 Å². The standard InChI is InChI=1S/C21H23N3OS/c1-13-2-11-18-19(12-13)26-21(24-18)15-5-9-17(10-6-15)23-20(25)14-3-7-16(22)8-4-14/h2,5-6,9-12,14,16H,3-4,7-8,22H2,1H3,(H,23,25). The van der Waals surface area contributed by atoms with Crippen LogP contribution >= 0.6 is 11.3 Å². The summed E-state index contributed by atoms with van der Waals surface area (Å²) in [6.45, 7) is 2.09. The molecule has 0 atom stereocenters. The number of hydrogen-bond donors (Lipinski definition) is 2. The zero-order valence-electron chi connectivity index (χ0n) is 14.9. The van der Waals surface area contributed by atoms with Crippen LogP contribution in [0.25, 0.3) is 20.8 Å². The van der Waals surface area contributed by atoms with Crippen molar-refractivity contribution in [2.45, 2.75) is 38.6 Å². The van der Waals surface area contributed by atoms with Gasteiger partial charge in [0.25, 0.3) is 0 Å². The van der Waals surface area contributed by atoms with Crippen molar-refractivity contribution in [3.05, 3.63) is 48.0 Å². The van der Waals surface area contributed by atoms with E-state index in [1.165, 1.54) is 10.3 Å². The lowest BCUT2D eigenvalue weighted by Crippen LogP contribution is -2.32. The number of carbonyl (C=O) groups excluding carboxylic acids is 1. The number of aromatic nitrogens is 1. The van der Waals surface area contributed by atoms with Gasteiger partial charge in [-0.05, 0) is 74.6 Å². The molecule has 1 saturated carbocycles. The molecular formula is C21H23N3OS. The molecule has 3 N–H and O–H groups in total. The fraction of sp³-hybridized carbons (Fsp3) is 0.333. The monoisotopic (exact) mass is 365 g/mol. The second-order valence-electron chi connectivity index (χ2n) is 7.17. The van der Waals surface area contributed by atoms with E-state index in [0.717, 1.165) is 47.5 Å². The van der Waals surface area contributed by atoms with Gasteiger partial charge < -0.3 is 11.1 Å². The third kappa shape index (κ3) is 3.64. The highest BCUT2D eigenvalue weighted by atomic mass is 32.1. The van der Waals surface area contributed by atoms with E-state index in [1.54, 1.807) is 11.3 Å². The first-order chi connectivity index (χ1) is 12.6. The smallest absolute Gasteiger partial charge is 0.227 e. The maximum Gasteiger partial charge on any atom is 0.227 e. The average Bonchev–Trinajstić information content (AvgIpc) is 3.06. The molecule has 0 saturated heterocycles. The Hall–Kier alpha value is -2.24. The third-order valence-corrected chi connectivity index (χ3v) is 6.15. The number of benzene rings is 2. The van der Waals surface area contributed by atoms with E-state index < -0.39 is 0 Å². The SMILES string of the molecule is Cc1ccc2nc(-c3ccc(NC(=O)C4CCC(N)CC4)cc3)sc2c1. The molecule has 1 fully saturated rings. The quantitative estimate of drug-likeness (QED) is 0.705. The second-order valence-corrected chi connectivity index (χ2v) is 8.20. The highest BCUT2D eigenvalue weighted by Crippen LogP contribution is 2.31. The first kappa shape index (κ1) is 17.2. The molecule has 0 radical (unpaired) electrons. The molecule has 1 amide bonds. The lowest BCUT2D eigenvalue weighted by molar-refractivity contribution is -0.120. The number of amides is 1. The summed E-state index contributed by atoms with van der Waals surface area (Å²) in [5.74, 6) is 0.196. The normalized spacial score (nSPS) is 20.2. The zero-order chi connectivity index (χ0) is 18.1. The highest BCUT2D eigenvalue weighted by molar-refractivity contribution is 7.21. The minimum atomic E-state index is 0.0852. The zero-order valence-corrected chi connectivity index (χ0v) is 15.7. The fourth-order valence-electron chi connectivity index (χ4n) is 3.48. The minimum absolute atomic E-state index is 0.0852. The van der Waals surface area contributed by atoms with E-state index in [9.17, 15) is 4.79 Å². The predicted molar refractivity (Wildman–Crippen MR) is 108 cm³/mol. The summed E-state index contributed by atoms with van der Waals surface area (Å²) in [5.41, 5.74) is 10.1. The van der Waals surface area contributed by atoms with Gasteiger partial charge in [0.05, 0.1) is 10.2 Å². The molecule has 4 nitrogen and oxygen atoms in total. The van der Waals surface area contributed by atoms with Gasteiger partial charge in [0.15, 0.2) is 0 Å². The summed E-state index contributed by atoms with van der Waals surface area (Å²) in [6.07, 6.45) is 3.65. The number of hydrogen-bond acceptors (Lipinski definition) is 4. The van der Waals surface area contributed by atoms with Crippen LogP contribution in [0.2, 0.25) is 0 Å². The number of nitrogens with two attached hydrogens (primary N) is 1. The molecule has 134 valence electrons. The summed E-state index contributed by atoms with van der Waals surface area (Å²) >= 11 is 1.70. The predicted octanol–water partition coefficient (Wildman–Crippen LogP) is 4.73. The Morgan fingerprint density at radius 2 is 1.85 bits per heavy atom. The number of rotatable bonds is 3. The van der Waals surface area contributed by atoms with Gasteiger partial charge in [-0.15, -0.1) is 11.3 Å². The van der Waals surface area contributed by atoms with Crippen molar-refractivity contribution in [1.82, 2.24) is 4.98 Å². The van der Waals surface area contributed by atoms with E-state index >= 15 is 0 Å². The van der Waals surface area contributed by atoms with Crippen LogP contribution in [0.15, 0.2) is 42.5 Å². The lowest BCUT2D eigenvalue weighted by atomic mass is 9.86. The molecule has 4 rings (SSSR count). The van der Waals surface area contributed by atoms with Crippen molar-refractivity contribution in [1.29, 1.82) is 0 Å². The molecule has 0 spiro atoms. The van der Waals surface area contributed by atoms with Gasteiger partial charge in [-0.3, -0.25) is 4.79 Å². The van der Waals surface area contributed by atoms with Gasteiger partial charge in [0.1, 0.15) is 5.01 Å². The van der Waals surface area contributed by atoms with Gasteiger partial charge >= 0.3 is 0 Å². The number of carbonyl (C=O) groups is 1. The molecule has 1 aliphatic rings. The summed E-state index contributed by atoms with van der Waals surface area (Å²) < 4.78 is 1.20. The fourth-order valence-corrected chi connectivity index (χ4v) is 4.55. The van der Waals surface area contributed by atoms with Crippen molar-refractivity contribution >= 4 is 33.1 Å². The summed E-state index contributed by atoms with van der Waals surface area (Å²) in [6, 6.07) is 14.5. The van der Waals surface area contributed by atoms with Crippen LogP contribution in [0.3, 0.4) is 0 Å². The van der Waals surface area contributed by atoms with Crippen LogP contribution in [0.5, 0.6) is 0 Å². The summed E-state index contributed by atoms with van der Waals surface area (Å²) in [7, 11) is 0. The lowest BCUT2D eigenvalue weighted by Gasteiger charge is -2.25. The van der Waals surface area contributed by atoms with Crippen LogP contribution in [0, 0.1) is 12.8 Å². The van der Waals surface area contributed by atoms with Crippen LogP contribution in [0.4, 0.5) is 5.69 Å². The molecule has 0 bridgehead atoms. The first-order valence-electron chi connectivity index (χ1n) is 9.12. The number of thiazole rings is 1. The molecule has 1 aromatic heterocycles. The highest BCUT2D eigenvalue weighted by Gasteiger charge is 2.24. The molecule has 5 heteroatoms. The average molecular weight is 366 g/mol. The van der Waals surface area contributed by atoms with Crippen LogP contribution in [-0.2, 0) is 4.79 Å². The molecule has 0 unspecified atom stereocenters. The van der Waals surface area contributed by atoms with Crippen molar-refractivity contribution in [2.75, 3.05) is 5.32 Å². The summed E-state index contributed by atoms with van der Waals surface area (Å²) in [4.78, 5) is 17.1. The van der Waals surface area contributed by atoms with E-state index in [2.05, 4.69) is 30.4 Å². The number of anilines is 1. The van der Waals surface area contributed by atoms with Gasteiger partial charge in [-0.25, -0.2) is 4.98 Å². The van der Waals surface area contributed by atoms with Gasteiger partial charge in [-0.1, -0.05) is 6.07 Å². The topological polar surface area (TPSA) is 68.0 Å². The molecule has 1 aliphatic carbocycles. The Kier molecular flexibility index (Phi) is 4.74. The summed E-state index contributed by atoms with van der Waals surface area (Å²) in [5, 5.41) is 4.05. The van der Waals surface area contributed by atoms with Crippen molar-refractivity contribution in [2.24, 2.45) is 11.7 Å². The molecule has 1 heterocycles. The molecule has 0 aliphatic heterocycles. The van der Waals surface area contributed by atoms with Crippen molar-refractivity contribution in [3.63, 3.8) is 0 Å². The minimum Gasteiger partial charge on any atom is -0.328 e. The Bertz CT molecular complexity index is 924. The third-order valence-electron chi connectivity index (χ3n) is 5.09. The number of aryl methyl sites for hydroxylation is 1. The Balaban J connectivity index is 1.46. The number of nitrogens with zero attached hydrogens (tertiary/aromatic N) is 1. The number of fused-ring (bicyclic) bond motifs is 1. The molecule has 2 aromatic carbocycles.